The molecule has 1 fully saturated rings. The van der Waals surface area contributed by atoms with Gasteiger partial charge in [-0.2, -0.15) is 0 Å². The van der Waals surface area contributed by atoms with E-state index in [2.05, 4.69) is 47.1 Å². The molecule has 8 heteroatoms. The average Bonchev–Trinajstić information content (AvgIpc) is 2.90. The lowest BCUT2D eigenvalue weighted by atomic mass is 9.99. The van der Waals surface area contributed by atoms with E-state index in [-0.39, 0.29) is 24.8 Å². The molecule has 0 bridgehead atoms. The van der Waals surface area contributed by atoms with Crippen LogP contribution in [-0.2, 0) is 13.1 Å². The van der Waals surface area contributed by atoms with Crippen molar-refractivity contribution in [3.8, 4) is 34.1 Å². The number of nitrogens with zero attached hydrogens (tertiary/aromatic N) is 2. The van der Waals surface area contributed by atoms with Gasteiger partial charge in [-0.1, -0.05) is 24.3 Å². The van der Waals surface area contributed by atoms with Crippen LogP contribution in [0.5, 0.6) is 23.0 Å². The lowest BCUT2D eigenvalue weighted by Crippen LogP contribution is -2.45. The Labute approximate surface area is 233 Å². The number of methoxy groups -OCH3 is 4. The van der Waals surface area contributed by atoms with E-state index >= 15 is 0 Å². The van der Waals surface area contributed by atoms with Crippen molar-refractivity contribution < 1.29 is 18.9 Å². The predicted molar refractivity (Wildman–Crippen MR) is 154 cm³/mol. The van der Waals surface area contributed by atoms with E-state index in [1.807, 2.05) is 24.3 Å². The molecule has 0 saturated carbocycles. The number of benzene rings is 3. The monoisotopic (exact) mass is 548 g/mol. The van der Waals surface area contributed by atoms with Crippen LogP contribution in [0.15, 0.2) is 54.6 Å². The summed E-state index contributed by atoms with van der Waals surface area (Å²) in [6, 6.07) is 19.1. The van der Waals surface area contributed by atoms with E-state index in [9.17, 15) is 0 Å². The Hall–Kier alpha value is -2.64. The van der Waals surface area contributed by atoms with Crippen molar-refractivity contribution in [3.63, 3.8) is 0 Å². The first-order valence-corrected chi connectivity index (χ1v) is 12.0. The minimum Gasteiger partial charge on any atom is -0.497 e. The topological polar surface area (TPSA) is 43.4 Å². The highest BCUT2D eigenvalue weighted by Crippen LogP contribution is 2.38. The maximum atomic E-state index is 5.52. The van der Waals surface area contributed by atoms with Crippen molar-refractivity contribution in [2.45, 2.75) is 20.0 Å². The molecule has 6 nitrogen and oxygen atoms in total. The van der Waals surface area contributed by atoms with Gasteiger partial charge in [-0.25, -0.2) is 0 Å². The molecule has 37 heavy (non-hydrogen) atoms. The molecule has 3 aromatic rings. The van der Waals surface area contributed by atoms with Gasteiger partial charge in [-0.15, -0.1) is 24.8 Å². The summed E-state index contributed by atoms with van der Waals surface area (Å²) in [4.78, 5) is 5.03. The lowest BCUT2D eigenvalue weighted by Gasteiger charge is -2.35. The third-order valence-corrected chi connectivity index (χ3v) is 6.74. The molecule has 202 valence electrons. The minimum atomic E-state index is 0. The van der Waals surface area contributed by atoms with Gasteiger partial charge in [0.2, 0.25) is 5.75 Å². The maximum Gasteiger partial charge on any atom is 0.203 e. The smallest absolute Gasteiger partial charge is 0.203 e. The first kappa shape index (κ1) is 30.6. The van der Waals surface area contributed by atoms with Crippen molar-refractivity contribution >= 4 is 24.8 Å². The third-order valence-electron chi connectivity index (χ3n) is 6.74. The van der Waals surface area contributed by atoms with Gasteiger partial charge in [0, 0.05) is 39.3 Å². The standard InChI is InChI=1S/C29H36N2O4.2ClH/c1-21-9-10-24(23-7-6-8-26(18-23)32-2)17-25(21)20-31-13-11-30(12-14-31)19-22-15-27(33-3)29(35-5)28(16-22)34-4;;/h6-10,15-18H,11-14,19-20H2,1-5H3;2*1H. The minimum absolute atomic E-state index is 0. The van der Waals surface area contributed by atoms with Gasteiger partial charge in [0.1, 0.15) is 5.75 Å². The number of piperazine rings is 1. The summed E-state index contributed by atoms with van der Waals surface area (Å²) in [5.74, 6) is 2.92. The van der Waals surface area contributed by atoms with Gasteiger partial charge in [-0.3, -0.25) is 9.80 Å². The van der Waals surface area contributed by atoms with Crippen molar-refractivity contribution in [1.82, 2.24) is 9.80 Å². The van der Waals surface area contributed by atoms with E-state index in [1.54, 1.807) is 28.4 Å². The predicted octanol–water partition coefficient (Wildman–Crippen LogP) is 5.86. The van der Waals surface area contributed by atoms with Crippen LogP contribution in [0.2, 0.25) is 0 Å². The van der Waals surface area contributed by atoms with Crippen LogP contribution in [0.4, 0.5) is 0 Å². The third kappa shape index (κ3) is 7.45. The molecule has 0 aliphatic carbocycles. The number of aryl methyl sites for hydroxylation is 1. The number of hydrogen-bond donors (Lipinski definition) is 0. The lowest BCUT2D eigenvalue weighted by molar-refractivity contribution is 0.121. The molecule has 0 N–H and O–H groups in total. The first-order chi connectivity index (χ1) is 17.0. The van der Waals surface area contributed by atoms with Gasteiger partial charge < -0.3 is 18.9 Å². The summed E-state index contributed by atoms with van der Waals surface area (Å²) in [7, 11) is 6.66. The van der Waals surface area contributed by atoms with Crippen LogP contribution in [-0.4, -0.2) is 64.4 Å². The molecule has 1 aliphatic heterocycles. The van der Waals surface area contributed by atoms with Gasteiger partial charge >= 0.3 is 0 Å². The summed E-state index contributed by atoms with van der Waals surface area (Å²) in [6.07, 6.45) is 0. The van der Waals surface area contributed by atoms with E-state index in [0.717, 1.165) is 50.6 Å². The largest absolute Gasteiger partial charge is 0.497 e. The fourth-order valence-corrected chi connectivity index (χ4v) is 4.66. The zero-order valence-corrected chi connectivity index (χ0v) is 23.9. The Morgan fingerprint density at radius 1 is 0.649 bits per heavy atom. The molecular weight excluding hydrogens is 511 g/mol. The van der Waals surface area contributed by atoms with E-state index < -0.39 is 0 Å². The molecule has 4 rings (SSSR count). The zero-order chi connectivity index (χ0) is 24.8. The van der Waals surface area contributed by atoms with Crippen LogP contribution in [0.25, 0.3) is 11.1 Å². The second kappa shape index (κ2) is 14.3. The van der Waals surface area contributed by atoms with Crippen molar-refractivity contribution in [1.29, 1.82) is 0 Å². The molecule has 1 saturated heterocycles. The van der Waals surface area contributed by atoms with E-state index in [4.69, 9.17) is 18.9 Å². The Bertz CT molecular complexity index is 1130. The summed E-state index contributed by atoms with van der Waals surface area (Å²) in [5, 5.41) is 0. The fraction of sp³-hybridized carbons (Fsp3) is 0.379. The molecule has 0 unspecified atom stereocenters. The summed E-state index contributed by atoms with van der Waals surface area (Å²) in [5.41, 5.74) is 6.28. The molecule has 0 spiro atoms. The molecule has 0 aromatic heterocycles. The molecule has 0 radical (unpaired) electrons. The van der Waals surface area contributed by atoms with Gasteiger partial charge in [0.25, 0.3) is 0 Å². The van der Waals surface area contributed by atoms with Crippen molar-refractivity contribution in [2.24, 2.45) is 0 Å². The second-order valence-corrected chi connectivity index (χ2v) is 8.96. The van der Waals surface area contributed by atoms with E-state index in [0.29, 0.717) is 17.2 Å². The van der Waals surface area contributed by atoms with Crippen molar-refractivity contribution in [2.75, 3.05) is 54.6 Å². The van der Waals surface area contributed by atoms with Crippen LogP contribution < -0.4 is 18.9 Å². The van der Waals surface area contributed by atoms with Crippen molar-refractivity contribution in [3.05, 3.63) is 71.3 Å². The number of rotatable bonds is 9. The maximum absolute atomic E-state index is 5.52. The molecule has 1 heterocycles. The van der Waals surface area contributed by atoms with Crippen LogP contribution in [0, 0.1) is 6.92 Å². The van der Waals surface area contributed by atoms with E-state index in [1.165, 1.54) is 22.3 Å². The molecule has 0 atom stereocenters. The Balaban J connectivity index is 0.00000241. The Morgan fingerprint density at radius 3 is 1.81 bits per heavy atom. The molecular formula is C29H38Cl2N2O4. The summed E-state index contributed by atoms with van der Waals surface area (Å²) in [6.45, 7) is 8.12. The Kier molecular flexibility index (Phi) is 11.9. The molecule has 1 aliphatic rings. The number of halogens is 2. The van der Waals surface area contributed by atoms with Crippen LogP contribution in [0.1, 0.15) is 16.7 Å². The SMILES string of the molecule is COc1cccc(-c2ccc(C)c(CN3CCN(Cc4cc(OC)c(OC)c(OC)c4)CC3)c2)c1.Cl.Cl. The summed E-state index contributed by atoms with van der Waals surface area (Å²) >= 11 is 0. The zero-order valence-electron chi connectivity index (χ0n) is 22.3. The normalized spacial score (nSPS) is 13.8. The van der Waals surface area contributed by atoms with Gasteiger partial charge in [0.05, 0.1) is 28.4 Å². The average molecular weight is 550 g/mol. The van der Waals surface area contributed by atoms with Gasteiger partial charge in [-0.05, 0) is 65.1 Å². The highest BCUT2D eigenvalue weighted by atomic mass is 35.5. The van der Waals surface area contributed by atoms with Crippen LogP contribution in [0.3, 0.4) is 0 Å². The van der Waals surface area contributed by atoms with Gasteiger partial charge in [0.15, 0.2) is 11.5 Å². The highest BCUT2D eigenvalue weighted by Gasteiger charge is 2.20. The fourth-order valence-electron chi connectivity index (χ4n) is 4.66. The number of hydrogen-bond acceptors (Lipinski definition) is 6. The summed E-state index contributed by atoms with van der Waals surface area (Å²) < 4.78 is 21.9. The highest BCUT2D eigenvalue weighted by molar-refractivity contribution is 5.85. The first-order valence-electron chi connectivity index (χ1n) is 12.0. The molecule has 3 aromatic carbocycles. The quantitative estimate of drug-likeness (QED) is 0.333. The second-order valence-electron chi connectivity index (χ2n) is 8.96. The number of ether oxygens (including phenoxy) is 4. The Morgan fingerprint density at radius 2 is 1.24 bits per heavy atom. The van der Waals surface area contributed by atoms with Crippen LogP contribution >= 0.6 is 24.8 Å². The molecule has 0 amide bonds.